The summed E-state index contributed by atoms with van der Waals surface area (Å²) in [5.41, 5.74) is 3.47. The van der Waals surface area contributed by atoms with Gasteiger partial charge in [-0.25, -0.2) is 10.2 Å². The predicted molar refractivity (Wildman–Crippen MR) is 131 cm³/mol. The van der Waals surface area contributed by atoms with E-state index in [0.29, 0.717) is 21.8 Å². The zero-order chi connectivity index (χ0) is 23.9. The summed E-state index contributed by atoms with van der Waals surface area (Å²) in [6.07, 6.45) is 1.34. The molecular weight excluding hydrogens is 454 g/mol. The number of carbonyl (C=O) groups excluding carboxylic acids is 3. The number of hydrazone groups is 1. The molecule has 0 atom stereocenters. The molecule has 8 heteroatoms. The van der Waals surface area contributed by atoms with E-state index in [-0.39, 0.29) is 5.75 Å². The van der Waals surface area contributed by atoms with Gasteiger partial charge in [-0.1, -0.05) is 60.1 Å². The molecule has 0 saturated heterocycles. The standard InChI is InChI=1S/C26H18ClN3O4/c27-19-11-13-20(14-12-19)29-24(31)25(32)30-28-16-22-21-9-5-4-6-17(21)10-15-23(22)34-26(33)18-7-2-1-3-8-18/h1-16H,(H,29,31)(H,30,32)/b28-16+. The highest BCUT2D eigenvalue weighted by molar-refractivity contribution is 6.39. The quantitative estimate of drug-likeness (QED) is 0.144. The van der Waals surface area contributed by atoms with E-state index in [1.54, 1.807) is 60.7 Å². The van der Waals surface area contributed by atoms with Crippen LogP contribution in [0.4, 0.5) is 5.69 Å². The summed E-state index contributed by atoms with van der Waals surface area (Å²) < 4.78 is 5.60. The Kier molecular flexibility index (Phi) is 6.95. The summed E-state index contributed by atoms with van der Waals surface area (Å²) in [5, 5.41) is 8.51. The van der Waals surface area contributed by atoms with Crippen molar-refractivity contribution in [1.29, 1.82) is 0 Å². The van der Waals surface area contributed by atoms with Crippen LogP contribution in [0.3, 0.4) is 0 Å². The first-order valence-corrected chi connectivity index (χ1v) is 10.6. The van der Waals surface area contributed by atoms with Crippen molar-refractivity contribution in [2.75, 3.05) is 5.32 Å². The van der Waals surface area contributed by atoms with Gasteiger partial charge in [-0.05, 0) is 53.2 Å². The monoisotopic (exact) mass is 471 g/mol. The van der Waals surface area contributed by atoms with Gasteiger partial charge in [-0.2, -0.15) is 5.10 Å². The summed E-state index contributed by atoms with van der Waals surface area (Å²) in [7, 11) is 0. The first kappa shape index (κ1) is 22.7. The Labute approximate surface area is 200 Å². The number of hydrogen-bond acceptors (Lipinski definition) is 5. The lowest BCUT2D eigenvalue weighted by Gasteiger charge is -2.10. The van der Waals surface area contributed by atoms with Gasteiger partial charge < -0.3 is 10.1 Å². The van der Waals surface area contributed by atoms with Gasteiger partial charge in [0, 0.05) is 16.3 Å². The van der Waals surface area contributed by atoms with Gasteiger partial charge in [-0.3, -0.25) is 9.59 Å². The molecule has 2 N–H and O–H groups in total. The van der Waals surface area contributed by atoms with E-state index in [1.165, 1.54) is 6.21 Å². The maximum absolute atomic E-state index is 12.6. The minimum atomic E-state index is -0.964. The van der Waals surface area contributed by atoms with Crippen LogP contribution in [-0.4, -0.2) is 24.0 Å². The number of amides is 2. The first-order chi connectivity index (χ1) is 16.5. The molecule has 0 aliphatic carbocycles. The maximum atomic E-state index is 12.6. The third kappa shape index (κ3) is 5.46. The molecule has 0 unspecified atom stereocenters. The zero-order valence-electron chi connectivity index (χ0n) is 17.7. The van der Waals surface area contributed by atoms with Crippen molar-refractivity contribution in [2.24, 2.45) is 5.10 Å². The summed E-state index contributed by atoms with van der Waals surface area (Å²) in [6.45, 7) is 0. The van der Waals surface area contributed by atoms with E-state index >= 15 is 0 Å². The summed E-state index contributed by atoms with van der Waals surface area (Å²) in [5.74, 6) is -2.13. The molecule has 4 aromatic carbocycles. The number of carbonyl (C=O) groups is 3. The molecule has 0 radical (unpaired) electrons. The molecule has 34 heavy (non-hydrogen) atoms. The van der Waals surface area contributed by atoms with Gasteiger partial charge in [0.2, 0.25) is 0 Å². The van der Waals surface area contributed by atoms with Crippen molar-refractivity contribution in [3.05, 3.63) is 107 Å². The van der Waals surface area contributed by atoms with Crippen LogP contribution in [0.15, 0.2) is 96.1 Å². The van der Waals surface area contributed by atoms with Crippen molar-refractivity contribution in [3.8, 4) is 5.75 Å². The van der Waals surface area contributed by atoms with E-state index in [0.717, 1.165) is 10.8 Å². The van der Waals surface area contributed by atoms with Gasteiger partial charge in [0.05, 0.1) is 11.8 Å². The smallest absolute Gasteiger partial charge is 0.343 e. The fraction of sp³-hybridized carbons (Fsp3) is 0. The highest BCUT2D eigenvalue weighted by Gasteiger charge is 2.15. The summed E-state index contributed by atoms with van der Waals surface area (Å²) in [4.78, 5) is 36.9. The SMILES string of the molecule is O=C(N/N=C/c1c(OC(=O)c2ccccc2)ccc2ccccc12)C(=O)Nc1ccc(Cl)cc1. The Bertz CT molecular complexity index is 1390. The van der Waals surface area contributed by atoms with E-state index in [4.69, 9.17) is 16.3 Å². The van der Waals surface area contributed by atoms with Crippen LogP contribution in [0.5, 0.6) is 5.75 Å². The Morgan fingerprint density at radius 2 is 1.50 bits per heavy atom. The van der Waals surface area contributed by atoms with Crippen molar-refractivity contribution >= 4 is 52.1 Å². The zero-order valence-corrected chi connectivity index (χ0v) is 18.5. The molecule has 0 fully saturated rings. The van der Waals surface area contributed by atoms with Crippen LogP contribution in [0.2, 0.25) is 5.02 Å². The van der Waals surface area contributed by atoms with E-state index < -0.39 is 17.8 Å². The molecule has 168 valence electrons. The van der Waals surface area contributed by atoms with Gasteiger partial charge in [0.25, 0.3) is 0 Å². The topological polar surface area (TPSA) is 96.9 Å². The van der Waals surface area contributed by atoms with Gasteiger partial charge in [-0.15, -0.1) is 0 Å². The van der Waals surface area contributed by atoms with Gasteiger partial charge in [0.1, 0.15) is 5.75 Å². The minimum Gasteiger partial charge on any atom is -0.422 e. The average molecular weight is 472 g/mol. The Morgan fingerprint density at radius 1 is 0.794 bits per heavy atom. The number of esters is 1. The fourth-order valence-electron chi connectivity index (χ4n) is 3.16. The number of hydrogen-bond donors (Lipinski definition) is 2. The molecule has 0 aliphatic rings. The number of benzene rings is 4. The van der Waals surface area contributed by atoms with E-state index in [1.807, 2.05) is 30.3 Å². The summed E-state index contributed by atoms with van der Waals surface area (Å²) >= 11 is 5.82. The minimum absolute atomic E-state index is 0.260. The van der Waals surface area contributed by atoms with Crippen LogP contribution in [0.1, 0.15) is 15.9 Å². The second kappa shape index (κ2) is 10.4. The molecular formula is C26H18ClN3O4. The Balaban J connectivity index is 1.53. The van der Waals surface area contributed by atoms with E-state index in [9.17, 15) is 14.4 Å². The Morgan fingerprint density at radius 3 is 2.26 bits per heavy atom. The van der Waals surface area contributed by atoms with Crippen LogP contribution in [0, 0.1) is 0 Å². The molecule has 0 saturated carbocycles. The number of fused-ring (bicyclic) bond motifs is 1. The lowest BCUT2D eigenvalue weighted by molar-refractivity contribution is -0.136. The highest BCUT2D eigenvalue weighted by Crippen LogP contribution is 2.27. The van der Waals surface area contributed by atoms with Crippen molar-refractivity contribution in [3.63, 3.8) is 0 Å². The molecule has 4 aromatic rings. The number of nitrogens with zero attached hydrogens (tertiary/aromatic N) is 1. The lowest BCUT2D eigenvalue weighted by Crippen LogP contribution is -2.32. The van der Waals surface area contributed by atoms with Crippen LogP contribution >= 0.6 is 11.6 Å². The number of nitrogens with one attached hydrogen (secondary N) is 2. The molecule has 7 nitrogen and oxygen atoms in total. The van der Waals surface area contributed by atoms with Gasteiger partial charge >= 0.3 is 17.8 Å². The van der Waals surface area contributed by atoms with Crippen molar-refractivity contribution in [2.45, 2.75) is 0 Å². The average Bonchev–Trinajstić information content (AvgIpc) is 2.86. The molecule has 4 rings (SSSR count). The summed E-state index contributed by atoms with van der Waals surface area (Å²) in [6, 6.07) is 25.8. The van der Waals surface area contributed by atoms with Gasteiger partial charge in [0.15, 0.2) is 0 Å². The number of ether oxygens (including phenoxy) is 1. The molecule has 0 bridgehead atoms. The van der Waals surface area contributed by atoms with Crippen molar-refractivity contribution in [1.82, 2.24) is 5.43 Å². The molecule has 0 aliphatic heterocycles. The van der Waals surface area contributed by atoms with Crippen LogP contribution < -0.4 is 15.5 Å². The predicted octanol–water partition coefficient (Wildman–Crippen LogP) is 4.80. The number of halogens is 1. The molecule has 2 amide bonds. The van der Waals surface area contributed by atoms with Crippen LogP contribution in [0.25, 0.3) is 10.8 Å². The lowest BCUT2D eigenvalue weighted by atomic mass is 10.0. The van der Waals surface area contributed by atoms with Crippen molar-refractivity contribution < 1.29 is 19.1 Å². The maximum Gasteiger partial charge on any atom is 0.343 e. The first-order valence-electron chi connectivity index (χ1n) is 10.2. The molecule has 0 spiro atoms. The normalized spacial score (nSPS) is 10.7. The largest absolute Gasteiger partial charge is 0.422 e. The molecule has 0 heterocycles. The third-order valence-corrected chi connectivity index (χ3v) is 5.06. The third-order valence-electron chi connectivity index (χ3n) is 4.81. The second-order valence-electron chi connectivity index (χ2n) is 7.11. The fourth-order valence-corrected chi connectivity index (χ4v) is 3.28. The number of anilines is 1. The number of rotatable bonds is 5. The highest BCUT2D eigenvalue weighted by atomic mass is 35.5. The Hall–Kier alpha value is -4.49. The molecule has 0 aromatic heterocycles. The van der Waals surface area contributed by atoms with E-state index in [2.05, 4.69) is 15.8 Å². The second-order valence-corrected chi connectivity index (χ2v) is 7.55. The van der Waals surface area contributed by atoms with Crippen LogP contribution in [-0.2, 0) is 9.59 Å².